The molecule has 2 heterocycles. The van der Waals surface area contributed by atoms with Crippen molar-refractivity contribution in [1.82, 2.24) is 0 Å². The van der Waals surface area contributed by atoms with E-state index < -0.39 is 10.9 Å². The second kappa shape index (κ2) is 6.57. The van der Waals surface area contributed by atoms with Gasteiger partial charge in [0.25, 0.3) is 5.69 Å². The summed E-state index contributed by atoms with van der Waals surface area (Å²) in [4.78, 5) is 27.0. The Labute approximate surface area is 161 Å². The third-order valence-corrected chi connectivity index (χ3v) is 4.34. The van der Waals surface area contributed by atoms with Crippen molar-refractivity contribution in [2.45, 2.75) is 0 Å². The topological polar surface area (TPSA) is 100 Å². The van der Waals surface area contributed by atoms with Crippen LogP contribution in [0.1, 0.15) is 11.1 Å². The number of carbonyl (C=O) groups is 1. The van der Waals surface area contributed by atoms with Crippen LogP contribution in [0.2, 0.25) is 10.0 Å². The van der Waals surface area contributed by atoms with E-state index in [1.54, 1.807) is 12.1 Å². The molecule has 27 heavy (non-hydrogen) atoms. The zero-order valence-electron chi connectivity index (χ0n) is 13.3. The van der Waals surface area contributed by atoms with Crippen molar-refractivity contribution in [2.75, 3.05) is 6.79 Å². The van der Waals surface area contributed by atoms with Crippen molar-refractivity contribution in [3.8, 4) is 11.5 Å². The molecule has 0 N–H and O–H groups in total. The number of esters is 1. The van der Waals surface area contributed by atoms with Crippen LogP contribution in [0.3, 0.4) is 0 Å². The second-order valence-corrected chi connectivity index (χ2v) is 6.33. The summed E-state index contributed by atoms with van der Waals surface area (Å²) in [6, 6.07) is 7.25. The quantitative estimate of drug-likeness (QED) is 0.330. The smallest absolute Gasteiger partial charge is 0.363 e. The number of nitro benzene ring substituents is 1. The van der Waals surface area contributed by atoms with E-state index in [1.165, 1.54) is 24.3 Å². The molecule has 0 bridgehead atoms. The number of hydrogen-bond donors (Lipinski definition) is 0. The number of halogens is 2. The molecule has 0 radical (unpaired) electrons. The first-order valence-electron chi connectivity index (χ1n) is 7.48. The highest BCUT2D eigenvalue weighted by Gasteiger charge is 2.28. The summed E-state index contributed by atoms with van der Waals surface area (Å²) < 4.78 is 15.5. The van der Waals surface area contributed by atoms with E-state index in [-0.39, 0.29) is 40.4 Å². The number of rotatable bonds is 3. The molecule has 4 rings (SSSR count). The van der Waals surface area contributed by atoms with E-state index in [0.717, 1.165) is 0 Å². The van der Waals surface area contributed by atoms with E-state index in [9.17, 15) is 14.9 Å². The van der Waals surface area contributed by atoms with Crippen LogP contribution < -0.4 is 9.47 Å². The van der Waals surface area contributed by atoms with Crippen LogP contribution in [0.15, 0.2) is 41.0 Å². The largest absolute Gasteiger partial charge is 0.454 e. The first-order valence-corrected chi connectivity index (χ1v) is 8.24. The summed E-state index contributed by atoms with van der Waals surface area (Å²) in [5.41, 5.74) is 0.132. The van der Waals surface area contributed by atoms with Gasteiger partial charge in [0.05, 0.1) is 27.1 Å². The highest BCUT2D eigenvalue weighted by atomic mass is 35.5. The summed E-state index contributed by atoms with van der Waals surface area (Å²) in [5, 5.41) is 12.0. The molecule has 0 atom stereocenters. The molecular weight excluding hydrogens is 399 g/mol. The number of aliphatic imine (C=N–C) groups is 1. The molecule has 2 aliphatic rings. The number of carbonyl (C=O) groups excluding carboxylic acids is 1. The number of cyclic esters (lactones) is 1. The monoisotopic (exact) mass is 406 g/mol. The van der Waals surface area contributed by atoms with E-state index in [1.807, 2.05) is 0 Å². The lowest BCUT2D eigenvalue weighted by atomic mass is 10.1. The summed E-state index contributed by atoms with van der Waals surface area (Å²) in [6.45, 7) is -0.0358. The molecule has 2 aliphatic heterocycles. The molecule has 0 aliphatic carbocycles. The molecule has 0 spiro atoms. The van der Waals surface area contributed by atoms with Gasteiger partial charge in [-0.3, -0.25) is 10.1 Å². The average Bonchev–Trinajstić information content (AvgIpc) is 3.20. The molecular formula is C17H8Cl2N2O6. The van der Waals surface area contributed by atoms with Gasteiger partial charge >= 0.3 is 5.97 Å². The van der Waals surface area contributed by atoms with Crippen LogP contribution in [0.5, 0.6) is 11.5 Å². The van der Waals surface area contributed by atoms with Gasteiger partial charge in [-0.2, -0.15) is 0 Å². The van der Waals surface area contributed by atoms with E-state index in [2.05, 4.69) is 4.99 Å². The number of nitrogens with zero attached hydrogens (tertiary/aromatic N) is 2. The third-order valence-electron chi connectivity index (χ3n) is 3.79. The van der Waals surface area contributed by atoms with Gasteiger partial charge in [0.1, 0.15) is 0 Å². The number of fused-ring (bicyclic) bond motifs is 1. The Morgan fingerprint density at radius 1 is 1.15 bits per heavy atom. The minimum atomic E-state index is -0.761. The van der Waals surface area contributed by atoms with E-state index in [0.29, 0.717) is 16.3 Å². The fourth-order valence-electron chi connectivity index (χ4n) is 2.56. The van der Waals surface area contributed by atoms with Gasteiger partial charge in [0.2, 0.25) is 12.7 Å². The highest BCUT2D eigenvalue weighted by Crippen LogP contribution is 2.39. The summed E-state index contributed by atoms with van der Waals surface area (Å²) in [5.74, 6) is -0.182. The Balaban J connectivity index is 1.77. The second-order valence-electron chi connectivity index (χ2n) is 5.48. The summed E-state index contributed by atoms with van der Waals surface area (Å²) in [6.07, 6.45) is 1.25. The van der Waals surface area contributed by atoms with Crippen molar-refractivity contribution in [3.63, 3.8) is 0 Å². The predicted octanol–water partition coefficient (Wildman–Crippen LogP) is 3.97. The normalized spacial score (nSPS) is 16.4. The van der Waals surface area contributed by atoms with Crippen molar-refractivity contribution in [1.29, 1.82) is 0 Å². The van der Waals surface area contributed by atoms with Crippen LogP contribution in [0.4, 0.5) is 5.69 Å². The lowest BCUT2D eigenvalue weighted by molar-refractivity contribution is -0.385. The van der Waals surface area contributed by atoms with E-state index in [4.69, 9.17) is 37.4 Å². The summed E-state index contributed by atoms with van der Waals surface area (Å²) in [7, 11) is 0. The fraction of sp³-hybridized carbons (Fsp3) is 0.0588. The number of nitro groups is 1. The van der Waals surface area contributed by atoms with Gasteiger partial charge in [-0.05, 0) is 30.3 Å². The Kier molecular flexibility index (Phi) is 4.21. The molecule has 2 aromatic carbocycles. The molecule has 0 aromatic heterocycles. The number of ether oxygens (including phenoxy) is 3. The van der Waals surface area contributed by atoms with Gasteiger partial charge in [-0.1, -0.05) is 23.2 Å². The maximum atomic E-state index is 12.2. The lowest BCUT2D eigenvalue weighted by Crippen LogP contribution is -2.06. The molecule has 0 saturated heterocycles. The van der Waals surface area contributed by atoms with Crippen LogP contribution in [0, 0.1) is 10.1 Å². The molecule has 10 heteroatoms. The molecule has 2 aromatic rings. The lowest BCUT2D eigenvalue weighted by Gasteiger charge is -2.02. The van der Waals surface area contributed by atoms with Crippen molar-refractivity contribution in [3.05, 3.63) is 67.3 Å². The predicted molar refractivity (Wildman–Crippen MR) is 96.3 cm³/mol. The standard InChI is InChI=1S/C17H8Cl2N2O6/c18-9-1-2-10(11(19)5-9)16-20-12(17(22)27-16)3-8-4-14-15(26-7-25-14)6-13(8)21(23)24/h1-6H,7H2/b12-3-. The van der Waals surface area contributed by atoms with Gasteiger partial charge < -0.3 is 14.2 Å². The average molecular weight is 407 g/mol. The zero-order chi connectivity index (χ0) is 19.1. The summed E-state index contributed by atoms with van der Waals surface area (Å²) >= 11 is 12.0. The molecule has 8 nitrogen and oxygen atoms in total. The third kappa shape index (κ3) is 3.20. The maximum Gasteiger partial charge on any atom is 0.363 e. The van der Waals surface area contributed by atoms with Crippen LogP contribution in [-0.4, -0.2) is 23.6 Å². The molecule has 0 unspecified atom stereocenters. The Morgan fingerprint density at radius 2 is 1.89 bits per heavy atom. The number of benzene rings is 2. The first-order chi connectivity index (χ1) is 12.9. The van der Waals surface area contributed by atoms with Gasteiger partial charge in [-0.25, -0.2) is 9.79 Å². The molecule has 0 amide bonds. The fourth-order valence-corrected chi connectivity index (χ4v) is 3.04. The van der Waals surface area contributed by atoms with E-state index >= 15 is 0 Å². The SMILES string of the molecule is O=C1OC(c2ccc(Cl)cc2Cl)=N/C1=C\c1cc2c(cc1[N+](=O)[O-])OCO2. The van der Waals surface area contributed by atoms with Crippen LogP contribution >= 0.6 is 23.2 Å². The Morgan fingerprint density at radius 3 is 2.59 bits per heavy atom. The number of hydrogen-bond acceptors (Lipinski definition) is 7. The molecule has 0 saturated carbocycles. The van der Waals surface area contributed by atoms with Gasteiger partial charge in [-0.15, -0.1) is 0 Å². The molecule has 136 valence electrons. The highest BCUT2D eigenvalue weighted by molar-refractivity contribution is 6.37. The molecule has 0 fully saturated rings. The minimum absolute atomic E-state index is 0.0173. The van der Waals surface area contributed by atoms with Crippen LogP contribution in [0.25, 0.3) is 6.08 Å². The first kappa shape index (κ1) is 17.3. The Bertz CT molecular complexity index is 1060. The van der Waals surface area contributed by atoms with Crippen molar-refractivity contribution < 1.29 is 23.9 Å². The maximum absolute atomic E-state index is 12.2. The van der Waals surface area contributed by atoms with Crippen LogP contribution in [-0.2, 0) is 9.53 Å². The van der Waals surface area contributed by atoms with Crippen molar-refractivity contribution in [2.24, 2.45) is 4.99 Å². The van der Waals surface area contributed by atoms with Gasteiger partial charge in [0, 0.05) is 5.02 Å². The Hall–Kier alpha value is -3.10. The minimum Gasteiger partial charge on any atom is -0.454 e. The van der Waals surface area contributed by atoms with Gasteiger partial charge in [0.15, 0.2) is 17.2 Å². The zero-order valence-corrected chi connectivity index (χ0v) is 14.8. The van der Waals surface area contributed by atoms with Crippen molar-refractivity contribution >= 4 is 46.8 Å².